The van der Waals surface area contributed by atoms with Gasteiger partial charge in [-0.25, -0.2) is 0 Å². The summed E-state index contributed by atoms with van der Waals surface area (Å²) < 4.78 is 9.36. The fraction of sp³-hybridized carbons (Fsp3) is 0. The van der Waals surface area contributed by atoms with Gasteiger partial charge in [0.1, 0.15) is 0 Å². The number of hydrogen-bond donors (Lipinski definition) is 0. The van der Waals surface area contributed by atoms with E-state index < -0.39 is 0 Å². The van der Waals surface area contributed by atoms with Crippen LogP contribution in [0, 0.1) is 0 Å². The van der Waals surface area contributed by atoms with Gasteiger partial charge >= 0.3 is 353 Å². The molecule has 296 valence electrons. The van der Waals surface area contributed by atoms with Crippen molar-refractivity contribution in [2.24, 2.45) is 0 Å². The second kappa shape index (κ2) is 13.9. The van der Waals surface area contributed by atoms with Gasteiger partial charge in [-0.1, -0.05) is 24.3 Å². The van der Waals surface area contributed by atoms with Crippen molar-refractivity contribution >= 4 is 110 Å². The zero-order valence-corrected chi connectivity index (χ0v) is 36.3. The van der Waals surface area contributed by atoms with Gasteiger partial charge in [0.2, 0.25) is 0 Å². The van der Waals surface area contributed by atoms with Crippen LogP contribution in [0.4, 0.5) is 0 Å². The molecule has 0 amide bonds. The summed E-state index contributed by atoms with van der Waals surface area (Å²) in [4.78, 5) is 0. The summed E-state index contributed by atoms with van der Waals surface area (Å²) in [5, 5.41) is 17.7. The van der Waals surface area contributed by atoms with E-state index >= 15 is 0 Å². The van der Waals surface area contributed by atoms with E-state index in [1.54, 1.807) is 0 Å². The first-order valence-corrected chi connectivity index (χ1v) is 23.7. The second-order valence-corrected chi connectivity index (χ2v) is 19.2. The van der Waals surface area contributed by atoms with E-state index in [0.29, 0.717) is 0 Å². The van der Waals surface area contributed by atoms with Crippen LogP contribution in [0.25, 0.3) is 140 Å². The maximum absolute atomic E-state index is 6.47. The Kier molecular flexibility index (Phi) is 7.77. The minimum absolute atomic E-state index is 0.123. The van der Waals surface area contributed by atoms with Gasteiger partial charge in [-0.15, -0.1) is 0 Å². The van der Waals surface area contributed by atoms with Gasteiger partial charge in [0.25, 0.3) is 0 Å². The summed E-state index contributed by atoms with van der Waals surface area (Å²) in [6.07, 6.45) is 0. The van der Waals surface area contributed by atoms with Crippen LogP contribution in [-0.2, 0) is 0 Å². The molecule has 0 radical (unpaired) electrons. The molecule has 1 nitrogen and oxygen atoms in total. The third kappa shape index (κ3) is 5.19. The Hall–Kier alpha value is -7.74. The Morgan fingerprint density at radius 1 is 0.281 bits per heavy atom. The van der Waals surface area contributed by atoms with Crippen molar-refractivity contribution in [3.8, 4) is 44.5 Å². The number of rotatable bonds is 4. The number of fused-ring (bicyclic) bond motifs is 12. The third-order valence-electron chi connectivity index (χ3n) is 13.6. The van der Waals surface area contributed by atoms with Crippen LogP contribution >= 0.6 is 0 Å². The quantitative estimate of drug-likeness (QED) is 0.127. The van der Waals surface area contributed by atoms with Crippen molar-refractivity contribution in [2.75, 3.05) is 0 Å². The summed E-state index contributed by atoms with van der Waals surface area (Å²) in [6.45, 7) is 0. The molecular weight excluding hydrogens is 840 g/mol. The van der Waals surface area contributed by atoms with E-state index in [1.807, 2.05) is 0 Å². The molecule has 0 spiro atoms. The summed E-state index contributed by atoms with van der Waals surface area (Å²) in [7, 11) is 0. The van der Waals surface area contributed by atoms with Crippen molar-refractivity contribution in [1.29, 1.82) is 0 Å². The fourth-order valence-electron chi connectivity index (χ4n) is 10.9. The molecule has 0 bridgehead atoms. The van der Waals surface area contributed by atoms with Gasteiger partial charge < -0.3 is 0 Å². The fourth-order valence-corrected chi connectivity index (χ4v) is 13.5. The average molecular weight is 876 g/mol. The molecule has 0 saturated heterocycles. The predicted molar refractivity (Wildman–Crippen MR) is 275 cm³/mol. The second-order valence-electron chi connectivity index (χ2n) is 17.0. The van der Waals surface area contributed by atoms with Crippen molar-refractivity contribution in [2.45, 2.75) is 0 Å². The third-order valence-corrected chi connectivity index (χ3v) is 16.2. The molecule has 0 unspecified atom stereocenters. The van der Waals surface area contributed by atoms with Crippen LogP contribution in [0.5, 0.6) is 0 Å². The molecule has 0 aliphatic rings. The Bertz CT molecular complexity index is 4130. The van der Waals surface area contributed by atoms with Crippen molar-refractivity contribution in [3.05, 3.63) is 218 Å². The van der Waals surface area contributed by atoms with E-state index in [1.165, 1.54) is 123 Å². The van der Waals surface area contributed by atoms with E-state index in [9.17, 15) is 0 Å². The van der Waals surface area contributed by atoms with Crippen LogP contribution < -0.4 is 0 Å². The standard InChI is InChI=1S/C62H36OSe/c1-2-16-38(17-3-1)57-42-19-6-8-21-44(42)59(45-22-9-7-20-43(45)57)40-31-34-56-52(35-40)50-27-14-28-51(62(50)64-56)60-48-25-12-10-23-46(48)58(47-24-11-13-26-49(47)60)39-30-32-54-53(36-39)61-41-18-5-4-15-37(41)29-33-55(61)63-54/h1-36H. The van der Waals surface area contributed by atoms with E-state index in [0.717, 1.165) is 16.6 Å². The molecule has 14 rings (SSSR count). The number of benzene rings is 12. The van der Waals surface area contributed by atoms with Gasteiger partial charge in [-0.3, -0.25) is 0 Å². The SMILES string of the molecule is c1ccc(-c2c3ccccc3c(-c3ccc4[se]c5c(-c6c7ccccc7c(-c7ccc8oc9ccc%10ccccc%10c9c8c7)c7ccccc67)cccc5c4c3)c3ccccc23)cc1. The molecule has 2 heterocycles. The molecule has 0 saturated carbocycles. The van der Waals surface area contributed by atoms with Gasteiger partial charge in [0, 0.05) is 0 Å². The Labute approximate surface area is 374 Å². The normalized spacial score (nSPS) is 12.1. The van der Waals surface area contributed by atoms with Crippen LogP contribution in [0.1, 0.15) is 0 Å². The molecule has 14 aromatic rings. The van der Waals surface area contributed by atoms with Crippen LogP contribution in [0.3, 0.4) is 0 Å². The maximum atomic E-state index is 6.47. The molecule has 0 N–H and O–H groups in total. The average Bonchev–Trinajstić information content (AvgIpc) is 3.93. The Morgan fingerprint density at radius 3 is 1.36 bits per heavy atom. The zero-order valence-electron chi connectivity index (χ0n) is 34.6. The minimum atomic E-state index is 0.123. The first-order chi connectivity index (χ1) is 31.8. The summed E-state index contributed by atoms with van der Waals surface area (Å²) in [6, 6.07) is 80.9. The van der Waals surface area contributed by atoms with Gasteiger partial charge in [-0.2, -0.15) is 0 Å². The van der Waals surface area contributed by atoms with E-state index in [-0.39, 0.29) is 14.5 Å². The molecule has 2 heteroatoms. The van der Waals surface area contributed by atoms with Crippen LogP contribution in [0.2, 0.25) is 0 Å². The molecule has 0 aliphatic heterocycles. The first-order valence-electron chi connectivity index (χ1n) is 22.0. The predicted octanol–water partition coefficient (Wildman–Crippen LogP) is 17.4. The van der Waals surface area contributed by atoms with Crippen molar-refractivity contribution < 1.29 is 4.42 Å². The van der Waals surface area contributed by atoms with Gasteiger partial charge in [0.05, 0.1) is 0 Å². The molecule has 0 aliphatic carbocycles. The monoisotopic (exact) mass is 876 g/mol. The molecule has 64 heavy (non-hydrogen) atoms. The first kappa shape index (κ1) is 35.8. The summed E-state index contributed by atoms with van der Waals surface area (Å²) >= 11 is 0.123. The summed E-state index contributed by atoms with van der Waals surface area (Å²) in [5.74, 6) is 0. The van der Waals surface area contributed by atoms with E-state index in [4.69, 9.17) is 4.42 Å². The molecule has 0 atom stereocenters. The number of furan rings is 1. The van der Waals surface area contributed by atoms with Crippen molar-refractivity contribution in [3.63, 3.8) is 0 Å². The van der Waals surface area contributed by atoms with Crippen molar-refractivity contribution in [1.82, 2.24) is 0 Å². The van der Waals surface area contributed by atoms with E-state index in [2.05, 4.69) is 218 Å². The Morgan fingerprint density at radius 2 is 0.750 bits per heavy atom. The summed E-state index contributed by atoms with van der Waals surface area (Å²) in [5.41, 5.74) is 12.0. The van der Waals surface area contributed by atoms with Crippen LogP contribution in [-0.4, -0.2) is 14.5 Å². The Balaban J connectivity index is 0.994. The van der Waals surface area contributed by atoms with Gasteiger partial charge in [-0.05, 0) is 0 Å². The molecule has 2 aromatic heterocycles. The van der Waals surface area contributed by atoms with Crippen LogP contribution in [0.15, 0.2) is 223 Å². The number of hydrogen-bond acceptors (Lipinski definition) is 1. The topological polar surface area (TPSA) is 13.1 Å². The molecule has 12 aromatic carbocycles. The molecular formula is C62H36OSe. The zero-order chi connectivity index (χ0) is 41.9. The van der Waals surface area contributed by atoms with Gasteiger partial charge in [0.15, 0.2) is 0 Å². The molecule has 0 fully saturated rings.